The minimum absolute atomic E-state index is 0.0826. The SMILES string of the molecule is Cc1ccc(C(C)(O)c2ccccc2OC(F)(F)F)s1. The van der Waals surface area contributed by atoms with Crippen molar-refractivity contribution >= 4 is 11.3 Å². The molecule has 2 nitrogen and oxygen atoms in total. The molecule has 0 saturated carbocycles. The van der Waals surface area contributed by atoms with Crippen LogP contribution in [0, 0.1) is 6.92 Å². The summed E-state index contributed by atoms with van der Waals surface area (Å²) >= 11 is 1.33. The zero-order valence-corrected chi connectivity index (χ0v) is 11.7. The fraction of sp³-hybridized carbons (Fsp3) is 0.286. The van der Waals surface area contributed by atoms with E-state index in [2.05, 4.69) is 4.74 Å². The highest BCUT2D eigenvalue weighted by atomic mass is 32.1. The second-order valence-corrected chi connectivity index (χ2v) is 5.81. The summed E-state index contributed by atoms with van der Waals surface area (Å²) in [5, 5.41) is 10.6. The highest BCUT2D eigenvalue weighted by Gasteiger charge is 2.36. The summed E-state index contributed by atoms with van der Waals surface area (Å²) in [6.07, 6.45) is -4.79. The Morgan fingerprint density at radius 2 is 1.75 bits per heavy atom. The Kier molecular flexibility index (Phi) is 3.80. The molecule has 1 N–H and O–H groups in total. The van der Waals surface area contributed by atoms with E-state index in [4.69, 9.17) is 0 Å². The third kappa shape index (κ3) is 3.13. The van der Waals surface area contributed by atoms with Gasteiger partial charge in [0.1, 0.15) is 11.4 Å². The van der Waals surface area contributed by atoms with Crippen LogP contribution in [0.1, 0.15) is 22.2 Å². The molecule has 1 atom stereocenters. The van der Waals surface area contributed by atoms with Gasteiger partial charge in [-0.15, -0.1) is 24.5 Å². The molecule has 0 bridgehead atoms. The van der Waals surface area contributed by atoms with Gasteiger partial charge >= 0.3 is 6.36 Å². The standard InChI is InChI=1S/C14H13F3O2S/c1-9-7-8-12(20-9)13(2,18)10-5-3-4-6-11(10)19-14(15,16)17/h3-8,18H,1-2H3. The molecule has 20 heavy (non-hydrogen) atoms. The molecule has 2 rings (SSSR count). The number of alkyl halides is 3. The molecule has 0 aliphatic carbocycles. The lowest BCUT2D eigenvalue weighted by Crippen LogP contribution is -2.25. The van der Waals surface area contributed by atoms with Gasteiger partial charge in [-0.1, -0.05) is 18.2 Å². The van der Waals surface area contributed by atoms with Crippen molar-refractivity contribution in [2.75, 3.05) is 0 Å². The van der Waals surface area contributed by atoms with Crippen LogP contribution >= 0.6 is 11.3 Å². The molecular weight excluding hydrogens is 289 g/mol. The van der Waals surface area contributed by atoms with Gasteiger partial charge in [0.15, 0.2) is 0 Å². The van der Waals surface area contributed by atoms with E-state index < -0.39 is 17.7 Å². The number of hydrogen-bond acceptors (Lipinski definition) is 3. The summed E-state index contributed by atoms with van der Waals surface area (Å²) in [5.41, 5.74) is -1.46. The van der Waals surface area contributed by atoms with E-state index >= 15 is 0 Å². The van der Waals surface area contributed by atoms with Crippen LogP contribution in [0.4, 0.5) is 13.2 Å². The van der Waals surface area contributed by atoms with E-state index in [0.717, 1.165) is 4.88 Å². The average molecular weight is 302 g/mol. The number of halogens is 3. The van der Waals surface area contributed by atoms with Gasteiger partial charge in [-0.05, 0) is 32.0 Å². The molecule has 108 valence electrons. The molecule has 0 amide bonds. The Morgan fingerprint density at radius 3 is 2.30 bits per heavy atom. The van der Waals surface area contributed by atoms with Gasteiger partial charge in [0.25, 0.3) is 0 Å². The first-order chi connectivity index (χ1) is 9.20. The van der Waals surface area contributed by atoms with Crippen molar-refractivity contribution in [3.05, 3.63) is 51.7 Å². The Balaban J connectivity index is 2.46. The molecule has 1 unspecified atom stereocenters. The Hall–Kier alpha value is -1.53. The first kappa shape index (κ1) is 14.9. The molecule has 1 aromatic carbocycles. The topological polar surface area (TPSA) is 29.5 Å². The summed E-state index contributed by atoms with van der Waals surface area (Å²) in [7, 11) is 0. The Labute approximate surface area is 118 Å². The third-order valence-corrected chi connectivity index (χ3v) is 4.07. The predicted octanol–water partition coefficient (Wildman–Crippen LogP) is 4.21. The monoisotopic (exact) mass is 302 g/mol. The highest BCUT2D eigenvalue weighted by molar-refractivity contribution is 7.12. The molecule has 0 fully saturated rings. The second kappa shape index (κ2) is 5.10. The van der Waals surface area contributed by atoms with Crippen molar-refractivity contribution in [2.45, 2.75) is 25.8 Å². The lowest BCUT2D eigenvalue weighted by atomic mass is 9.93. The van der Waals surface area contributed by atoms with E-state index in [1.54, 1.807) is 12.1 Å². The van der Waals surface area contributed by atoms with Gasteiger partial charge in [-0.25, -0.2) is 0 Å². The van der Waals surface area contributed by atoms with E-state index in [9.17, 15) is 18.3 Å². The van der Waals surface area contributed by atoms with Crippen LogP contribution < -0.4 is 4.74 Å². The van der Waals surface area contributed by atoms with E-state index in [1.807, 2.05) is 13.0 Å². The number of para-hydroxylation sites is 1. The number of hydrogen-bond donors (Lipinski definition) is 1. The second-order valence-electron chi connectivity index (χ2n) is 4.53. The quantitative estimate of drug-likeness (QED) is 0.920. The predicted molar refractivity (Wildman–Crippen MR) is 70.9 cm³/mol. The van der Waals surface area contributed by atoms with Crippen LogP contribution in [-0.4, -0.2) is 11.5 Å². The maximum Gasteiger partial charge on any atom is 0.573 e. The molecule has 0 saturated heterocycles. The summed E-state index contributed by atoms with van der Waals surface area (Å²) in [6.45, 7) is 3.32. The van der Waals surface area contributed by atoms with E-state index in [-0.39, 0.29) is 5.56 Å². The maximum atomic E-state index is 12.4. The minimum atomic E-state index is -4.79. The summed E-state index contributed by atoms with van der Waals surface area (Å²) in [4.78, 5) is 1.53. The smallest absolute Gasteiger partial charge is 0.405 e. The fourth-order valence-corrected chi connectivity index (χ4v) is 2.84. The van der Waals surface area contributed by atoms with Gasteiger partial charge in [-0.3, -0.25) is 0 Å². The van der Waals surface area contributed by atoms with Crippen LogP contribution in [0.5, 0.6) is 5.75 Å². The van der Waals surface area contributed by atoms with Gasteiger partial charge in [0, 0.05) is 15.3 Å². The average Bonchev–Trinajstić information content (AvgIpc) is 2.75. The van der Waals surface area contributed by atoms with Gasteiger partial charge in [-0.2, -0.15) is 0 Å². The number of aliphatic hydroxyl groups is 1. The summed E-state index contributed by atoms with van der Waals surface area (Å²) in [5.74, 6) is -0.393. The molecule has 0 spiro atoms. The first-order valence-electron chi connectivity index (χ1n) is 5.85. The van der Waals surface area contributed by atoms with Crippen LogP contribution in [0.3, 0.4) is 0 Å². The molecule has 0 radical (unpaired) electrons. The van der Waals surface area contributed by atoms with Gasteiger partial charge < -0.3 is 9.84 Å². The summed E-state index contributed by atoms with van der Waals surface area (Å²) in [6, 6.07) is 9.12. The van der Waals surface area contributed by atoms with Crippen LogP contribution in [0.25, 0.3) is 0 Å². The molecule has 1 heterocycles. The minimum Gasteiger partial charge on any atom is -0.405 e. The Bertz CT molecular complexity index is 602. The first-order valence-corrected chi connectivity index (χ1v) is 6.66. The molecule has 0 aliphatic heterocycles. The number of rotatable bonds is 3. The normalized spacial score (nSPS) is 14.9. The lowest BCUT2D eigenvalue weighted by molar-refractivity contribution is -0.275. The Morgan fingerprint density at radius 1 is 1.10 bits per heavy atom. The van der Waals surface area contributed by atoms with Crippen molar-refractivity contribution in [1.29, 1.82) is 0 Å². The van der Waals surface area contributed by atoms with Gasteiger partial charge in [0.05, 0.1) is 0 Å². The van der Waals surface area contributed by atoms with Crippen molar-refractivity contribution in [3.63, 3.8) is 0 Å². The number of ether oxygens (including phenoxy) is 1. The summed E-state index contributed by atoms with van der Waals surface area (Å²) < 4.78 is 41.2. The molecular formula is C14H13F3O2S. The number of benzene rings is 1. The fourth-order valence-electron chi connectivity index (χ4n) is 1.91. The van der Waals surface area contributed by atoms with Crippen molar-refractivity contribution in [2.24, 2.45) is 0 Å². The maximum absolute atomic E-state index is 12.4. The number of thiophene rings is 1. The van der Waals surface area contributed by atoms with Gasteiger partial charge in [0.2, 0.25) is 0 Å². The van der Waals surface area contributed by atoms with Crippen LogP contribution in [0.15, 0.2) is 36.4 Å². The molecule has 0 aliphatic rings. The van der Waals surface area contributed by atoms with Crippen LogP contribution in [0.2, 0.25) is 0 Å². The van der Waals surface area contributed by atoms with Crippen molar-refractivity contribution in [1.82, 2.24) is 0 Å². The molecule has 1 aromatic heterocycles. The van der Waals surface area contributed by atoms with E-state index in [0.29, 0.717) is 4.88 Å². The van der Waals surface area contributed by atoms with Crippen molar-refractivity contribution in [3.8, 4) is 5.75 Å². The highest BCUT2D eigenvalue weighted by Crippen LogP contribution is 2.39. The van der Waals surface area contributed by atoms with Crippen molar-refractivity contribution < 1.29 is 23.0 Å². The van der Waals surface area contributed by atoms with E-state index in [1.165, 1.54) is 36.5 Å². The zero-order chi connectivity index (χ0) is 15.0. The third-order valence-electron chi connectivity index (χ3n) is 2.86. The number of aryl methyl sites for hydroxylation is 1. The van der Waals surface area contributed by atoms with Crippen LogP contribution in [-0.2, 0) is 5.60 Å². The molecule has 6 heteroatoms. The lowest BCUT2D eigenvalue weighted by Gasteiger charge is -2.25. The zero-order valence-electron chi connectivity index (χ0n) is 10.9. The molecule has 2 aromatic rings. The largest absolute Gasteiger partial charge is 0.573 e.